The fraction of sp³-hybridized carbons (Fsp3) is 0.261. The highest BCUT2D eigenvalue weighted by Crippen LogP contribution is 2.29. The lowest BCUT2D eigenvalue weighted by molar-refractivity contribution is -0.0162. The number of hydrogen-bond donors (Lipinski definition) is 2. The second-order valence-corrected chi connectivity index (χ2v) is 7.31. The van der Waals surface area contributed by atoms with Crippen LogP contribution in [0.15, 0.2) is 72.9 Å². The average molecular weight is 360 g/mol. The minimum atomic E-state index is -0.739. The van der Waals surface area contributed by atoms with Crippen molar-refractivity contribution in [3.8, 4) is 11.3 Å². The Kier molecular flexibility index (Phi) is 4.82. The first kappa shape index (κ1) is 17.6. The summed E-state index contributed by atoms with van der Waals surface area (Å²) in [5, 5.41) is 11.0. The molecule has 4 heteroatoms. The normalized spacial score (nSPS) is 16.3. The summed E-state index contributed by atoms with van der Waals surface area (Å²) in [6.07, 6.45) is 3.69. The molecule has 0 spiro atoms. The SMILES string of the molecule is O=C(c1ccccc1-c1ccc[nH]1)N1CCC(O)(Cc2ccccc2)CC1. The molecule has 27 heavy (non-hydrogen) atoms. The molecule has 0 saturated carbocycles. The van der Waals surface area contributed by atoms with E-state index >= 15 is 0 Å². The van der Waals surface area contributed by atoms with Crippen LogP contribution in [-0.2, 0) is 6.42 Å². The van der Waals surface area contributed by atoms with Crippen LogP contribution >= 0.6 is 0 Å². The van der Waals surface area contributed by atoms with Gasteiger partial charge >= 0.3 is 0 Å². The number of carbonyl (C=O) groups is 1. The Balaban J connectivity index is 1.47. The molecule has 0 aliphatic carbocycles. The topological polar surface area (TPSA) is 56.3 Å². The molecule has 1 fully saturated rings. The third kappa shape index (κ3) is 3.81. The van der Waals surface area contributed by atoms with Gasteiger partial charge < -0.3 is 15.0 Å². The highest BCUT2D eigenvalue weighted by molar-refractivity contribution is 6.00. The van der Waals surface area contributed by atoms with Crippen LogP contribution in [0.25, 0.3) is 11.3 Å². The van der Waals surface area contributed by atoms with Crippen LogP contribution in [-0.4, -0.2) is 39.6 Å². The van der Waals surface area contributed by atoms with Crippen molar-refractivity contribution in [1.82, 2.24) is 9.88 Å². The maximum atomic E-state index is 13.1. The molecule has 0 unspecified atom stereocenters. The van der Waals surface area contributed by atoms with Gasteiger partial charge in [0.1, 0.15) is 0 Å². The van der Waals surface area contributed by atoms with E-state index in [1.807, 2.05) is 77.8 Å². The van der Waals surface area contributed by atoms with Gasteiger partial charge in [0, 0.05) is 42.5 Å². The second-order valence-electron chi connectivity index (χ2n) is 7.31. The Hall–Kier alpha value is -2.85. The number of carbonyl (C=O) groups excluding carboxylic acids is 1. The summed E-state index contributed by atoms with van der Waals surface area (Å²) < 4.78 is 0. The number of nitrogens with zero attached hydrogens (tertiary/aromatic N) is 1. The van der Waals surface area contributed by atoms with Gasteiger partial charge in [0.25, 0.3) is 5.91 Å². The van der Waals surface area contributed by atoms with Crippen molar-refractivity contribution in [2.24, 2.45) is 0 Å². The second kappa shape index (κ2) is 7.41. The van der Waals surface area contributed by atoms with E-state index in [1.54, 1.807) is 0 Å². The summed E-state index contributed by atoms with van der Waals surface area (Å²) in [5.74, 6) is 0.0296. The number of benzene rings is 2. The zero-order chi connectivity index (χ0) is 18.7. The highest BCUT2D eigenvalue weighted by Gasteiger charge is 2.34. The number of aliphatic hydroxyl groups is 1. The van der Waals surface area contributed by atoms with Crippen molar-refractivity contribution in [1.29, 1.82) is 0 Å². The van der Waals surface area contributed by atoms with Gasteiger partial charge in [-0.3, -0.25) is 4.79 Å². The minimum absolute atomic E-state index is 0.0296. The van der Waals surface area contributed by atoms with Gasteiger partial charge in [0.15, 0.2) is 0 Å². The fourth-order valence-electron chi connectivity index (χ4n) is 3.85. The minimum Gasteiger partial charge on any atom is -0.389 e. The molecule has 2 heterocycles. The predicted octanol–water partition coefficient (Wildman–Crippen LogP) is 3.89. The van der Waals surface area contributed by atoms with E-state index in [9.17, 15) is 9.90 Å². The summed E-state index contributed by atoms with van der Waals surface area (Å²) in [5.41, 5.74) is 2.95. The molecule has 4 rings (SSSR count). The molecule has 138 valence electrons. The van der Waals surface area contributed by atoms with Crippen molar-refractivity contribution in [3.63, 3.8) is 0 Å². The molecular weight excluding hydrogens is 336 g/mol. The first-order valence-electron chi connectivity index (χ1n) is 9.43. The molecule has 1 aromatic heterocycles. The number of amides is 1. The Morgan fingerprint density at radius 3 is 2.37 bits per heavy atom. The van der Waals surface area contributed by atoms with Crippen LogP contribution in [0.1, 0.15) is 28.8 Å². The van der Waals surface area contributed by atoms with E-state index in [1.165, 1.54) is 0 Å². The Morgan fingerprint density at radius 1 is 0.963 bits per heavy atom. The lowest BCUT2D eigenvalue weighted by Gasteiger charge is -2.38. The van der Waals surface area contributed by atoms with Crippen LogP contribution in [0.3, 0.4) is 0 Å². The number of hydrogen-bond acceptors (Lipinski definition) is 2. The van der Waals surface area contributed by atoms with E-state index in [2.05, 4.69) is 4.98 Å². The lowest BCUT2D eigenvalue weighted by Crippen LogP contribution is -2.47. The monoisotopic (exact) mass is 360 g/mol. The van der Waals surface area contributed by atoms with Crippen molar-refractivity contribution in [2.75, 3.05) is 13.1 Å². The van der Waals surface area contributed by atoms with E-state index in [4.69, 9.17) is 0 Å². The van der Waals surface area contributed by atoms with E-state index < -0.39 is 5.60 Å². The van der Waals surface area contributed by atoms with Crippen molar-refractivity contribution in [3.05, 3.63) is 84.1 Å². The molecule has 1 saturated heterocycles. The van der Waals surface area contributed by atoms with Crippen LogP contribution in [0.2, 0.25) is 0 Å². The number of nitrogens with one attached hydrogen (secondary N) is 1. The van der Waals surface area contributed by atoms with Gasteiger partial charge in [0.05, 0.1) is 5.60 Å². The zero-order valence-electron chi connectivity index (χ0n) is 15.3. The van der Waals surface area contributed by atoms with E-state index in [0.29, 0.717) is 37.9 Å². The number of rotatable bonds is 4. The molecule has 1 aliphatic heterocycles. The maximum Gasteiger partial charge on any atom is 0.254 e. The van der Waals surface area contributed by atoms with Gasteiger partial charge in [-0.2, -0.15) is 0 Å². The summed E-state index contributed by atoms with van der Waals surface area (Å²) in [7, 11) is 0. The first-order valence-corrected chi connectivity index (χ1v) is 9.43. The van der Waals surface area contributed by atoms with Gasteiger partial charge in [0.2, 0.25) is 0 Å². The summed E-state index contributed by atoms with van der Waals surface area (Å²) >= 11 is 0. The van der Waals surface area contributed by atoms with Gasteiger partial charge in [-0.05, 0) is 36.6 Å². The number of H-pyrrole nitrogens is 1. The molecule has 0 bridgehead atoms. The van der Waals surface area contributed by atoms with Crippen molar-refractivity contribution >= 4 is 5.91 Å². The third-order valence-corrected chi connectivity index (χ3v) is 5.40. The number of aromatic amines is 1. The number of aromatic nitrogens is 1. The highest BCUT2D eigenvalue weighted by atomic mass is 16.3. The van der Waals surface area contributed by atoms with Crippen LogP contribution in [0.5, 0.6) is 0 Å². The van der Waals surface area contributed by atoms with E-state index in [-0.39, 0.29) is 5.91 Å². The molecule has 1 amide bonds. The van der Waals surface area contributed by atoms with Gasteiger partial charge in [-0.25, -0.2) is 0 Å². The summed E-state index contributed by atoms with van der Waals surface area (Å²) in [6, 6.07) is 21.7. The third-order valence-electron chi connectivity index (χ3n) is 5.40. The van der Waals surface area contributed by atoms with Crippen molar-refractivity contribution < 1.29 is 9.90 Å². The van der Waals surface area contributed by atoms with Crippen LogP contribution < -0.4 is 0 Å². The Labute approximate surface area is 159 Å². The molecular formula is C23H24N2O2. The molecule has 2 N–H and O–H groups in total. The number of piperidine rings is 1. The van der Waals surface area contributed by atoms with E-state index in [0.717, 1.165) is 16.8 Å². The van der Waals surface area contributed by atoms with Crippen LogP contribution in [0.4, 0.5) is 0 Å². The summed E-state index contributed by atoms with van der Waals surface area (Å²) in [4.78, 5) is 18.2. The Morgan fingerprint density at radius 2 is 1.67 bits per heavy atom. The zero-order valence-corrected chi connectivity index (χ0v) is 15.3. The fourth-order valence-corrected chi connectivity index (χ4v) is 3.85. The maximum absolute atomic E-state index is 13.1. The lowest BCUT2D eigenvalue weighted by atomic mass is 9.85. The molecule has 3 aromatic rings. The van der Waals surface area contributed by atoms with Gasteiger partial charge in [-0.15, -0.1) is 0 Å². The smallest absolute Gasteiger partial charge is 0.254 e. The quantitative estimate of drug-likeness (QED) is 0.742. The molecule has 0 atom stereocenters. The molecule has 0 radical (unpaired) electrons. The van der Waals surface area contributed by atoms with Crippen molar-refractivity contribution in [2.45, 2.75) is 24.9 Å². The molecule has 2 aromatic carbocycles. The van der Waals surface area contributed by atoms with Gasteiger partial charge in [-0.1, -0.05) is 48.5 Å². The standard InChI is InChI=1S/C23H24N2O2/c26-22(20-10-5-4-9-19(20)21-11-6-14-24-21)25-15-12-23(27,13-16-25)17-18-7-2-1-3-8-18/h1-11,14,24,27H,12-13,15-17H2. The molecule has 1 aliphatic rings. The number of likely N-dealkylation sites (tertiary alicyclic amines) is 1. The Bertz CT molecular complexity index is 895. The van der Waals surface area contributed by atoms with Crippen LogP contribution in [0, 0.1) is 0 Å². The first-order chi connectivity index (χ1) is 13.1. The summed E-state index contributed by atoms with van der Waals surface area (Å²) in [6.45, 7) is 1.14. The largest absolute Gasteiger partial charge is 0.389 e. The average Bonchev–Trinajstić information content (AvgIpc) is 3.23. The molecule has 4 nitrogen and oxygen atoms in total. The predicted molar refractivity (Wildman–Crippen MR) is 106 cm³/mol.